The molecule has 1 aliphatic rings. The number of rotatable bonds is 6. The van der Waals surface area contributed by atoms with Gasteiger partial charge in [-0.2, -0.15) is 0 Å². The molecule has 1 N–H and O–H groups in total. The SMILES string of the molecule is C[C@@H](NC(=O)CCS(=O)(=O)c1ccc(Cl)cc1)c1ccc2c(c1)OCO2. The molecule has 0 saturated carbocycles. The van der Waals surface area contributed by atoms with Gasteiger partial charge in [-0.05, 0) is 48.9 Å². The summed E-state index contributed by atoms with van der Waals surface area (Å²) in [6, 6.07) is 11.0. The Morgan fingerprint density at radius 2 is 1.85 bits per heavy atom. The van der Waals surface area contributed by atoms with Crippen LogP contribution in [0.5, 0.6) is 11.5 Å². The molecule has 0 saturated heterocycles. The van der Waals surface area contributed by atoms with Crippen LogP contribution in [0.4, 0.5) is 0 Å². The maximum Gasteiger partial charge on any atom is 0.231 e. The van der Waals surface area contributed by atoms with Crippen LogP contribution in [0, 0.1) is 0 Å². The minimum Gasteiger partial charge on any atom is -0.454 e. The molecule has 1 heterocycles. The quantitative estimate of drug-likeness (QED) is 0.812. The molecule has 138 valence electrons. The predicted molar refractivity (Wildman–Crippen MR) is 97.2 cm³/mol. The van der Waals surface area contributed by atoms with Crippen molar-refractivity contribution in [2.24, 2.45) is 0 Å². The number of sulfone groups is 1. The number of carbonyl (C=O) groups is 1. The van der Waals surface area contributed by atoms with E-state index in [2.05, 4.69) is 5.32 Å². The van der Waals surface area contributed by atoms with E-state index in [9.17, 15) is 13.2 Å². The van der Waals surface area contributed by atoms with Crippen molar-refractivity contribution < 1.29 is 22.7 Å². The molecular formula is C18H18ClNO5S. The number of ether oxygens (including phenoxy) is 2. The van der Waals surface area contributed by atoms with E-state index in [0.717, 1.165) is 5.56 Å². The first-order chi connectivity index (χ1) is 12.3. The number of hydrogen-bond acceptors (Lipinski definition) is 5. The van der Waals surface area contributed by atoms with Crippen molar-refractivity contribution in [2.75, 3.05) is 12.5 Å². The minimum atomic E-state index is -3.54. The summed E-state index contributed by atoms with van der Waals surface area (Å²) in [7, 11) is -3.54. The maximum absolute atomic E-state index is 12.3. The molecule has 0 fully saturated rings. The van der Waals surface area contributed by atoms with Crippen LogP contribution < -0.4 is 14.8 Å². The van der Waals surface area contributed by atoms with Crippen LogP contribution in [0.15, 0.2) is 47.4 Å². The van der Waals surface area contributed by atoms with E-state index >= 15 is 0 Å². The molecule has 6 nitrogen and oxygen atoms in total. The molecule has 8 heteroatoms. The normalized spacial score (nSPS) is 14.1. The zero-order valence-corrected chi connectivity index (χ0v) is 15.6. The number of halogens is 1. The first-order valence-electron chi connectivity index (χ1n) is 8.02. The van der Waals surface area contributed by atoms with Crippen LogP contribution in [0.3, 0.4) is 0 Å². The Hall–Kier alpha value is -2.25. The second-order valence-electron chi connectivity index (χ2n) is 5.92. The highest BCUT2D eigenvalue weighted by Crippen LogP contribution is 2.34. The molecule has 0 aliphatic carbocycles. The van der Waals surface area contributed by atoms with Crippen molar-refractivity contribution in [2.45, 2.75) is 24.3 Å². The second-order valence-corrected chi connectivity index (χ2v) is 8.47. The average Bonchev–Trinajstić information content (AvgIpc) is 3.08. The first-order valence-corrected chi connectivity index (χ1v) is 10.1. The van der Waals surface area contributed by atoms with E-state index < -0.39 is 9.84 Å². The summed E-state index contributed by atoms with van der Waals surface area (Å²) in [5.41, 5.74) is 0.850. The molecule has 26 heavy (non-hydrogen) atoms. The van der Waals surface area contributed by atoms with Crippen molar-refractivity contribution in [3.05, 3.63) is 53.1 Å². The van der Waals surface area contributed by atoms with Gasteiger partial charge in [-0.1, -0.05) is 17.7 Å². The van der Waals surface area contributed by atoms with Gasteiger partial charge >= 0.3 is 0 Å². The number of benzene rings is 2. The van der Waals surface area contributed by atoms with Gasteiger partial charge in [-0.25, -0.2) is 8.42 Å². The summed E-state index contributed by atoms with van der Waals surface area (Å²) in [5, 5.41) is 3.26. The molecule has 2 aromatic carbocycles. The predicted octanol–water partition coefficient (Wildman–Crippen LogP) is 3.11. The van der Waals surface area contributed by atoms with E-state index in [1.165, 1.54) is 24.3 Å². The molecule has 1 aliphatic heterocycles. The zero-order valence-electron chi connectivity index (χ0n) is 14.1. The van der Waals surface area contributed by atoms with Gasteiger partial charge in [0.15, 0.2) is 21.3 Å². The standard InChI is InChI=1S/C18H18ClNO5S/c1-12(13-2-7-16-17(10-13)25-11-24-16)20-18(21)8-9-26(22,23)15-5-3-14(19)4-6-15/h2-7,10,12H,8-9,11H2,1H3,(H,20,21)/t12-/m1/s1. The van der Waals surface area contributed by atoms with Crippen LogP contribution in [-0.4, -0.2) is 26.9 Å². The second kappa shape index (κ2) is 7.55. The summed E-state index contributed by atoms with van der Waals surface area (Å²) >= 11 is 5.76. The minimum absolute atomic E-state index is 0.125. The van der Waals surface area contributed by atoms with Crippen molar-refractivity contribution in [3.8, 4) is 11.5 Å². The lowest BCUT2D eigenvalue weighted by Gasteiger charge is -2.15. The summed E-state index contributed by atoms with van der Waals surface area (Å²) in [6.07, 6.45) is -0.125. The Bertz CT molecular complexity index is 912. The fourth-order valence-electron chi connectivity index (χ4n) is 2.57. The van der Waals surface area contributed by atoms with Crippen LogP contribution in [0.2, 0.25) is 5.02 Å². The topological polar surface area (TPSA) is 81.7 Å². The largest absolute Gasteiger partial charge is 0.454 e. The van der Waals surface area contributed by atoms with Gasteiger partial charge in [0.1, 0.15) is 0 Å². The summed E-state index contributed by atoms with van der Waals surface area (Å²) in [6.45, 7) is 2.01. The third kappa shape index (κ3) is 4.28. The van der Waals surface area contributed by atoms with Crippen LogP contribution >= 0.6 is 11.6 Å². The van der Waals surface area contributed by atoms with Crippen LogP contribution in [0.1, 0.15) is 24.9 Å². The number of amides is 1. The molecule has 0 spiro atoms. The molecule has 2 aromatic rings. The first kappa shape index (κ1) is 18.5. The van der Waals surface area contributed by atoms with Crippen LogP contribution in [0.25, 0.3) is 0 Å². The van der Waals surface area contributed by atoms with Gasteiger partial charge in [-0.3, -0.25) is 4.79 Å². The monoisotopic (exact) mass is 395 g/mol. The zero-order chi connectivity index (χ0) is 18.7. The lowest BCUT2D eigenvalue weighted by molar-refractivity contribution is -0.121. The van der Waals surface area contributed by atoms with Gasteiger partial charge in [0.25, 0.3) is 0 Å². The van der Waals surface area contributed by atoms with Gasteiger partial charge in [0.2, 0.25) is 12.7 Å². The van der Waals surface area contributed by atoms with Crippen molar-refractivity contribution in [1.82, 2.24) is 5.32 Å². The Kier molecular flexibility index (Phi) is 5.38. The summed E-state index contributed by atoms with van der Waals surface area (Å²) in [5.74, 6) is 0.692. The van der Waals surface area contributed by atoms with Crippen molar-refractivity contribution in [1.29, 1.82) is 0 Å². The fraction of sp³-hybridized carbons (Fsp3) is 0.278. The van der Waals surface area contributed by atoms with E-state index in [1.54, 1.807) is 12.1 Å². The fourth-order valence-corrected chi connectivity index (χ4v) is 3.93. The molecule has 1 atom stereocenters. The van der Waals surface area contributed by atoms with Gasteiger partial charge in [0, 0.05) is 11.4 Å². The summed E-state index contributed by atoms with van der Waals surface area (Å²) < 4.78 is 35.1. The molecule has 0 unspecified atom stereocenters. The third-order valence-corrected chi connectivity index (χ3v) is 6.03. The lowest BCUT2D eigenvalue weighted by atomic mass is 10.1. The Morgan fingerprint density at radius 1 is 1.15 bits per heavy atom. The smallest absolute Gasteiger partial charge is 0.231 e. The molecule has 0 aromatic heterocycles. The number of hydrogen-bond donors (Lipinski definition) is 1. The van der Waals surface area contributed by atoms with Gasteiger partial charge < -0.3 is 14.8 Å². The third-order valence-electron chi connectivity index (χ3n) is 4.04. The molecule has 3 rings (SSSR count). The Labute approximate surface area is 157 Å². The van der Waals surface area contributed by atoms with Crippen molar-refractivity contribution >= 4 is 27.3 Å². The number of fused-ring (bicyclic) bond motifs is 1. The molecule has 1 amide bonds. The number of carbonyl (C=O) groups excluding carboxylic acids is 1. The Balaban J connectivity index is 1.57. The highest BCUT2D eigenvalue weighted by atomic mass is 35.5. The van der Waals surface area contributed by atoms with E-state index in [1.807, 2.05) is 13.0 Å². The Morgan fingerprint density at radius 3 is 2.58 bits per heavy atom. The highest BCUT2D eigenvalue weighted by Gasteiger charge is 2.19. The van der Waals surface area contributed by atoms with Crippen LogP contribution in [-0.2, 0) is 14.6 Å². The number of nitrogens with one attached hydrogen (secondary N) is 1. The molecule has 0 radical (unpaired) electrons. The summed E-state index contributed by atoms with van der Waals surface area (Å²) in [4.78, 5) is 12.3. The maximum atomic E-state index is 12.3. The molecule has 0 bridgehead atoms. The molecular weight excluding hydrogens is 378 g/mol. The van der Waals surface area contributed by atoms with E-state index in [-0.39, 0.29) is 35.8 Å². The highest BCUT2D eigenvalue weighted by molar-refractivity contribution is 7.91. The van der Waals surface area contributed by atoms with Gasteiger partial charge in [-0.15, -0.1) is 0 Å². The van der Waals surface area contributed by atoms with Crippen molar-refractivity contribution in [3.63, 3.8) is 0 Å². The van der Waals surface area contributed by atoms with Gasteiger partial charge in [0.05, 0.1) is 16.7 Å². The lowest BCUT2D eigenvalue weighted by Crippen LogP contribution is -2.28. The average molecular weight is 396 g/mol. The van der Waals surface area contributed by atoms with E-state index in [4.69, 9.17) is 21.1 Å². The van der Waals surface area contributed by atoms with E-state index in [0.29, 0.717) is 16.5 Å².